The van der Waals surface area contributed by atoms with Gasteiger partial charge in [-0.1, -0.05) is 26.7 Å². The van der Waals surface area contributed by atoms with Crippen LogP contribution in [-0.2, 0) is 19.3 Å². The van der Waals surface area contributed by atoms with E-state index >= 15 is 0 Å². The van der Waals surface area contributed by atoms with Gasteiger partial charge in [0.05, 0.1) is 6.54 Å². The van der Waals surface area contributed by atoms with E-state index in [4.69, 9.17) is 9.68 Å². The highest BCUT2D eigenvalue weighted by atomic mass is 17.0. The molecule has 0 aliphatic rings. The molecule has 0 atom stereocenters. The van der Waals surface area contributed by atoms with Gasteiger partial charge in [-0.05, 0) is 19.8 Å². The number of hydrogen-bond donors (Lipinski definition) is 0. The molecule has 100 valence electrons. The molecule has 0 rings (SSSR count). The topological polar surface area (TPSA) is 55.8 Å². The normalized spacial score (nSPS) is 10.4. The lowest BCUT2D eigenvalue weighted by molar-refractivity contribution is -0.323. The van der Waals surface area contributed by atoms with Gasteiger partial charge in [-0.15, -0.1) is 0 Å². The number of hydroxylamine groups is 2. The quantitative estimate of drug-likeness (QED) is 0.584. The second kappa shape index (κ2) is 10.1. The summed E-state index contributed by atoms with van der Waals surface area (Å²) in [6, 6.07) is 0. The second-order valence-corrected chi connectivity index (χ2v) is 3.78. The zero-order chi connectivity index (χ0) is 13.1. The van der Waals surface area contributed by atoms with E-state index in [0.717, 1.165) is 30.9 Å². The molecular formula is C12H23NO4. The zero-order valence-electron chi connectivity index (χ0n) is 11.0. The Morgan fingerprint density at radius 2 is 1.29 bits per heavy atom. The second-order valence-electron chi connectivity index (χ2n) is 3.78. The summed E-state index contributed by atoms with van der Waals surface area (Å²) < 4.78 is 0. The highest BCUT2D eigenvalue weighted by Gasteiger charge is 2.14. The minimum absolute atomic E-state index is 0.329. The standard InChI is InChI=1S/C12H23NO4/c1-4-7-9-11(14)16-13(6-3)17-12(15)10-8-5-2/h4-10H2,1-3H3. The molecule has 0 amide bonds. The lowest BCUT2D eigenvalue weighted by Crippen LogP contribution is -2.30. The summed E-state index contributed by atoms with van der Waals surface area (Å²) in [6.45, 7) is 6.07. The van der Waals surface area contributed by atoms with E-state index in [0.29, 0.717) is 19.4 Å². The number of rotatable bonds is 9. The van der Waals surface area contributed by atoms with Crippen LogP contribution in [0.2, 0.25) is 0 Å². The highest BCUT2D eigenvalue weighted by molar-refractivity contribution is 5.70. The number of unbranched alkanes of at least 4 members (excludes halogenated alkanes) is 2. The molecule has 0 fully saturated rings. The molecule has 0 bridgehead atoms. The predicted molar refractivity (Wildman–Crippen MR) is 63.6 cm³/mol. The van der Waals surface area contributed by atoms with Gasteiger partial charge in [0.15, 0.2) is 0 Å². The van der Waals surface area contributed by atoms with E-state index in [1.807, 2.05) is 13.8 Å². The summed E-state index contributed by atoms with van der Waals surface area (Å²) in [6.07, 6.45) is 4.11. The van der Waals surface area contributed by atoms with Crippen LogP contribution in [0.5, 0.6) is 0 Å². The summed E-state index contributed by atoms with van der Waals surface area (Å²) in [5.41, 5.74) is 0. The van der Waals surface area contributed by atoms with Gasteiger partial charge in [-0.25, -0.2) is 0 Å². The number of hydrogen-bond acceptors (Lipinski definition) is 5. The maximum atomic E-state index is 11.3. The van der Waals surface area contributed by atoms with Crippen LogP contribution in [-0.4, -0.2) is 23.7 Å². The fraction of sp³-hybridized carbons (Fsp3) is 0.833. The molecule has 0 aromatic carbocycles. The maximum Gasteiger partial charge on any atom is 0.329 e. The van der Waals surface area contributed by atoms with Crippen molar-refractivity contribution >= 4 is 11.9 Å². The third kappa shape index (κ3) is 8.68. The largest absolute Gasteiger partial charge is 0.333 e. The Labute approximate surface area is 103 Å². The van der Waals surface area contributed by atoms with Crippen LogP contribution in [0.15, 0.2) is 0 Å². The van der Waals surface area contributed by atoms with Gasteiger partial charge >= 0.3 is 11.9 Å². The van der Waals surface area contributed by atoms with Gasteiger partial charge < -0.3 is 9.68 Å². The molecule has 17 heavy (non-hydrogen) atoms. The van der Waals surface area contributed by atoms with Crippen LogP contribution < -0.4 is 0 Å². The van der Waals surface area contributed by atoms with Gasteiger partial charge in [-0.2, -0.15) is 0 Å². The fourth-order valence-corrected chi connectivity index (χ4v) is 1.11. The third-order valence-electron chi connectivity index (χ3n) is 2.13. The van der Waals surface area contributed by atoms with Gasteiger partial charge in [0, 0.05) is 18.1 Å². The van der Waals surface area contributed by atoms with Gasteiger partial charge in [0.1, 0.15) is 0 Å². The van der Waals surface area contributed by atoms with Crippen molar-refractivity contribution in [2.24, 2.45) is 0 Å². The first-order chi connectivity index (χ1) is 8.13. The minimum atomic E-state index is -0.364. The summed E-state index contributed by atoms with van der Waals surface area (Å²) in [5, 5.41) is 0.954. The SMILES string of the molecule is CCCCC(=O)ON(CC)OC(=O)CCCC. The van der Waals surface area contributed by atoms with Crippen LogP contribution in [0.4, 0.5) is 0 Å². The zero-order valence-corrected chi connectivity index (χ0v) is 11.0. The summed E-state index contributed by atoms with van der Waals surface area (Å²) in [5.74, 6) is -0.728. The molecule has 0 heterocycles. The van der Waals surface area contributed by atoms with Crippen molar-refractivity contribution in [2.45, 2.75) is 59.3 Å². The Balaban J connectivity index is 3.89. The Bertz CT molecular complexity index is 209. The van der Waals surface area contributed by atoms with E-state index in [1.165, 1.54) is 0 Å². The Kier molecular flexibility index (Phi) is 9.43. The molecule has 0 aliphatic carbocycles. The molecule has 5 heteroatoms. The van der Waals surface area contributed by atoms with E-state index in [2.05, 4.69) is 0 Å². The minimum Gasteiger partial charge on any atom is -0.333 e. The maximum absolute atomic E-state index is 11.3. The summed E-state index contributed by atoms with van der Waals surface area (Å²) >= 11 is 0. The lowest BCUT2D eigenvalue weighted by atomic mass is 10.3. The van der Waals surface area contributed by atoms with Crippen molar-refractivity contribution in [1.29, 1.82) is 0 Å². The number of carbonyl (C=O) groups is 2. The molecule has 0 aromatic heterocycles. The Hall–Kier alpha value is -1.10. The van der Waals surface area contributed by atoms with Gasteiger partial charge in [0.25, 0.3) is 0 Å². The summed E-state index contributed by atoms with van der Waals surface area (Å²) in [4.78, 5) is 32.4. The fourth-order valence-electron chi connectivity index (χ4n) is 1.11. The van der Waals surface area contributed by atoms with Crippen LogP contribution in [0, 0.1) is 0 Å². The smallest absolute Gasteiger partial charge is 0.329 e. The van der Waals surface area contributed by atoms with Crippen LogP contribution in [0.3, 0.4) is 0 Å². The lowest BCUT2D eigenvalue weighted by Gasteiger charge is -2.17. The van der Waals surface area contributed by atoms with Gasteiger partial charge in [0.2, 0.25) is 0 Å². The monoisotopic (exact) mass is 245 g/mol. The molecule has 0 aliphatic heterocycles. The molecule has 0 saturated heterocycles. The van der Waals surface area contributed by atoms with Crippen molar-refractivity contribution in [1.82, 2.24) is 5.23 Å². The number of nitrogens with zero attached hydrogens (tertiary/aromatic N) is 1. The van der Waals surface area contributed by atoms with Crippen molar-refractivity contribution in [2.75, 3.05) is 6.54 Å². The molecule has 0 unspecified atom stereocenters. The van der Waals surface area contributed by atoms with Crippen LogP contribution in [0.25, 0.3) is 0 Å². The van der Waals surface area contributed by atoms with Crippen LogP contribution >= 0.6 is 0 Å². The van der Waals surface area contributed by atoms with E-state index in [1.54, 1.807) is 6.92 Å². The van der Waals surface area contributed by atoms with E-state index < -0.39 is 0 Å². The molecule has 5 nitrogen and oxygen atoms in total. The van der Waals surface area contributed by atoms with Crippen molar-refractivity contribution in [3.05, 3.63) is 0 Å². The first kappa shape index (κ1) is 15.9. The van der Waals surface area contributed by atoms with Crippen molar-refractivity contribution in [3.63, 3.8) is 0 Å². The van der Waals surface area contributed by atoms with Gasteiger partial charge in [-0.3, -0.25) is 9.59 Å². The van der Waals surface area contributed by atoms with E-state index in [9.17, 15) is 9.59 Å². The average Bonchev–Trinajstić information content (AvgIpc) is 2.32. The molecular weight excluding hydrogens is 222 g/mol. The summed E-state index contributed by atoms with van der Waals surface area (Å²) in [7, 11) is 0. The highest BCUT2D eigenvalue weighted by Crippen LogP contribution is 2.03. The molecule has 0 aromatic rings. The average molecular weight is 245 g/mol. The Morgan fingerprint density at radius 3 is 1.59 bits per heavy atom. The Morgan fingerprint density at radius 1 is 0.882 bits per heavy atom. The third-order valence-corrected chi connectivity index (χ3v) is 2.13. The molecule has 0 radical (unpaired) electrons. The predicted octanol–water partition coefficient (Wildman–Crippen LogP) is 2.61. The van der Waals surface area contributed by atoms with Crippen LogP contribution in [0.1, 0.15) is 59.3 Å². The molecule has 0 saturated carbocycles. The van der Waals surface area contributed by atoms with Crippen molar-refractivity contribution < 1.29 is 19.3 Å². The first-order valence-electron chi connectivity index (χ1n) is 6.33. The number of carbonyl (C=O) groups excluding carboxylic acids is 2. The molecule has 0 spiro atoms. The van der Waals surface area contributed by atoms with Crippen molar-refractivity contribution in [3.8, 4) is 0 Å². The van der Waals surface area contributed by atoms with E-state index in [-0.39, 0.29) is 11.9 Å². The first-order valence-corrected chi connectivity index (χ1v) is 6.33. The molecule has 0 N–H and O–H groups in total.